The zero-order valence-electron chi connectivity index (χ0n) is 9.77. The van der Waals surface area contributed by atoms with Gasteiger partial charge < -0.3 is 9.84 Å². The fourth-order valence-electron chi connectivity index (χ4n) is 1.87. The van der Waals surface area contributed by atoms with Crippen LogP contribution in [0.3, 0.4) is 0 Å². The van der Waals surface area contributed by atoms with Gasteiger partial charge in [-0.3, -0.25) is 10.1 Å². The van der Waals surface area contributed by atoms with Gasteiger partial charge in [0, 0.05) is 5.75 Å². The van der Waals surface area contributed by atoms with Crippen molar-refractivity contribution in [3.63, 3.8) is 0 Å². The molecule has 2 N–H and O–H groups in total. The molecule has 2 rings (SSSR count). The third kappa shape index (κ3) is 2.40. The Kier molecular flexibility index (Phi) is 3.31. The van der Waals surface area contributed by atoms with Crippen molar-refractivity contribution in [2.75, 3.05) is 12.9 Å². The molecule has 0 radical (unpaired) electrons. The van der Waals surface area contributed by atoms with Crippen LogP contribution in [0.1, 0.15) is 12.5 Å². The normalized spacial score (nSPS) is 28.0. The van der Waals surface area contributed by atoms with E-state index in [1.165, 1.54) is 0 Å². The van der Waals surface area contributed by atoms with E-state index in [0.717, 1.165) is 11.3 Å². The summed E-state index contributed by atoms with van der Waals surface area (Å²) in [5.41, 5.74) is 1.06. The third-order valence-electron chi connectivity index (χ3n) is 2.93. The van der Waals surface area contributed by atoms with E-state index < -0.39 is 12.0 Å². The largest absolute Gasteiger partial charge is 0.497 e. The maximum Gasteiger partial charge on any atom is 0.321 e. The lowest BCUT2D eigenvalue weighted by Gasteiger charge is -2.24. The van der Waals surface area contributed by atoms with Crippen molar-refractivity contribution in [1.82, 2.24) is 5.32 Å². The quantitative estimate of drug-likeness (QED) is 0.858. The summed E-state index contributed by atoms with van der Waals surface area (Å²) in [7, 11) is 1.62. The number of hydrogen-bond acceptors (Lipinski definition) is 4. The second-order valence-electron chi connectivity index (χ2n) is 4.11. The van der Waals surface area contributed by atoms with Crippen LogP contribution in [0.15, 0.2) is 24.3 Å². The third-order valence-corrected chi connectivity index (χ3v) is 4.36. The van der Waals surface area contributed by atoms with Crippen LogP contribution in [-0.4, -0.2) is 30.0 Å². The summed E-state index contributed by atoms with van der Waals surface area (Å²) < 4.78 is 5.10. The monoisotopic (exact) mass is 253 g/mol. The SMILES string of the molecule is COc1ccc([C@]2(C)N[C@@H](C(=O)O)CS2)cc1. The second-order valence-corrected chi connectivity index (χ2v) is 5.55. The van der Waals surface area contributed by atoms with Gasteiger partial charge in [-0.25, -0.2) is 0 Å². The van der Waals surface area contributed by atoms with Crippen molar-refractivity contribution in [1.29, 1.82) is 0 Å². The molecule has 92 valence electrons. The maximum atomic E-state index is 10.9. The maximum absolute atomic E-state index is 10.9. The van der Waals surface area contributed by atoms with Crippen LogP contribution in [-0.2, 0) is 9.67 Å². The minimum absolute atomic E-state index is 0.338. The molecule has 1 aromatic rings. The molecule has 1 aliphatic rings. The molecule has 17 heavy (non-hydrogen) atoms. The number of carboxylic acids is 1. The summed E-state index contributed by atoms with van der Waals surface area (Å²) in [6.45, 7) is 2.00. The molecule has 0 aromatic heterocycles. The first-order valence-electron chi connectivity index (χ1n) is 5.34. The molecule has 2 atom stereocenters. The lowest BCUT2D eigenvalue weighted by Crippen LogP contribution is -2.41. The topological polar surface area (TPSA) is 58.6 Å². The Morgan fingerprint density at radius 3 is 2.65 bits per heavy atom. The molecule has 5 heteroatoms. The number of benzene rings is 1. The minimum atomic E-state index is -0.797. The molecule has 1 aliphatic heterocycles. The van der Waals surface area contributed by atoms with Crippen molar-refractivity contribution in [3.05, 3.63) is 29.8 Å². The lowest BCUT2D eigenvalue weighted by atomic mass is 10.1. The van der Waals surface area contributed by atoms with Crippen LogP contribution in [0.2, 0.25) is 0 Å². The number of carbonyl (C=O) groups is 1. The lowest BCUT2D eigenvalue weighted by molar-refractivity contribution is -0.138. The van der Waals surface area contributed by atoms with Gasteiger partial charge in [-0.05, 0) is 24.6 Å². The molecular formula is C12H15NO3S. The Morgan fingerprint density at radius 2 is 2.18 bits per heavy atom. The highest BCUT2D eigenvalue weighted by atomic mass is 32.2. The minimum Gasteiger partial charge on any atom is -0.497 e. The van der Waals surface area contributed by atoms with E-state index in [-0.39, 0.29) is 4.87 Å². The van der Waals surface area contributed by atoms with E-state index in [4.69, 9.17) is 9.84 Å². The number of aliphatic carboxylic acids is 1. The Bertz CT molecular complexity index is 420. The summed E-state index contributed by atoms with van der Waals surface area (Å²) >= 11 is 1.61. The molecule has 1 aromatic carbocycles. The first-order valence-corrected chi connectivity index (χ1v) is 6.33. The second kappa shape index (κ2) is 4.58. The van der Waals surface area contributed by atoms with Gasteiger partial charge in [-0.2, -0.15) is 0 Å². The van der Waals surface area contributed by atoms with E-state index in [9.17, 15) is 4.79 Å². The van der Waals surface area contributed by atoms with Gasteiger partial charge in [0.2, 0.25) is 0 Å². The van der Waals surface area contributed by atoms with Gasteiger partial charge in [0.1, 0.15) is 11.8 Å². The van der Waals surface area contributed by atoms with Gasteiger partial charge >= 0.3 is 5.97 Å². The molecule has 1 saturated heterocycles. The Hall–Kier alpha value is -1.20. The van der Waals surface area contributed by atoms with Gasteiger partial charge in [0.25, 0.3) is 0 Å². The highest BCUT2D eigenvalue weighted by molar-refractivity contribution is 8.00. The fourth-order valence-corrected chi connectivity index (χ4v) is 3.13. The average Bonchev–Trinajstić information content (AvgIpc) is 2.74. The van der Waals surface area contributed by atoms with Crippen molar-refractivity contribution in [2.24, 2.45) is 0 Å². The first-order chi connectivity index (χ1) is 8.05. The van der Waals surface area contributed by atoms with Gasteiger partial charge in [0.05, 0.1) is 12.0 Å². The number of ether oxygens (including phenoxy) is 1. The fraction of sp³-hybridized carbons (Fsp3) is 0.417. The summed E-state index contributed by atoms with van der Waals surface area (Å²) in [5, 5.41) is 12.1. The summed E-state index contributed by atoms with van der Waals surface area (Å²) in [6, 6.07) is 7.21. The zero-order chi connectivity index (χ0) is 12.5. The van der Waals surface area contributed by atoms with Crippen molar-refractivity contribution in [2.45, 2.75) is 17.8 Å². The van der Waals surface area contributed by atoms with Crippen LogP contribution >= 0.6 is 11.8 Å². The smallest absolute Gasteiger partial charge is 0.321 e. The van der Waals surface area contributed by atoms with E-state index in [2.05, 4.69) is 5.32 Å². The van der Waals surface area contributed by atoms with Gasteiger partial charge in [-0.1, -0.05) is 12.1 Å². The number of rotatable bonds is 3. The van der Waals surface area contributed by atoms with Gasteiger partial charge in [0.15, 0.2) is 0 Å². The summed E-state index contributed by atoms with van der Waals surface area (Å²) in [4.78, 5) is 10.6. The number of hydrogen-bond donors (Lipinski definition) is 2. The van der Waals surface area contributed by atoms with E-state index >= 15 is 0 Å². The summed E-state index contributed by atoms with van der Waals surface area (Å²) in [5.74, 6) is 0.586. The molecule has 0 spiro atoms. The Morgan fingerprint density at radius 1 is 1.53 bits per heavy atom. The number of carboxylic acid groups (broad SMARTS) is 1. The molecule has 0 saturated carbocycles. The molecule has 0 unspecified atom stereocenters. The summed E-state index contributed by atoms with van der Waals surface area (Å²) in [6.07, 6.45) is 0. The van der Waals surface area contributed by atoms with E-state index in [1.54, 1.807) is 18.9 Å². The van der Waals surface area contributed by atoms with Crippen molar-refractivity contribution >= 4 is 17.7 Å². The molecule has 0 amide bonds. The zero-order valence-corrected chi connectivity index (χ0v) is 10.6. The Labute approximate surface area is 104 Å². The standard InChI is InChI=1S/C12H15NO3S/c1-12(13-10(7-17-12)11(14)15)8-3-5-9(16-2)6-4-8/h3-6,10,13H,7H2,1-2H3,(H,14,15)/t10-,12-/m1/s1. The highest BCUT2D eigenvalue weighted by Crippen LogP contribution is 2.39. The predicted octanol–water partition coefficient (Wildman–Crippen LogP) is 1.66. The van der Waals surface area contributed by atoms with Crippen LogP contribution < -0.4 is 10.1 Å². The van der Waals surface area contributed by atoms with Crippen LogP contribution in [0.25, 0.3) is 0 Å². The van der Waals surface area contributed by atoms with Crippen molar-refractivity contribution < 1.29 is 14.6 Å². The van der Waals surface area contributed by atoms with Crippen LogP contribution in [0, 0.1) is 0 Å². The Balaban J connectivity index is 2.18. The molecule has 0 aliphatic carbocycles. The van der Waals surface area contributed by atoms with Crippen LogP contribution in [0.5, 0.6) is 5.75 Å². The van der Waals surface area contributed by atoms with E-state index in [0.29, 0.717) is 5.75 Å². The number of thioether (sulfide) groups is 1. The van der Waals surface area contributed by atoms with Gasteiger partial charge in [-0.15, -0.1) is 11.8 Å². The van der Waals surface area contributed by atoms with Crippen LogP contribution in [0.4, 0.5) is 0 Å². The average molecular weight is 253 g/mol. The van der Waals surface area contributed by atoms with E-state index in [1.807, 2.05) is 31.2 Å². The van der Waals surface area contributed by atoms with Crippen molar-refractivity contribution in [3.8, 4) is 5.75 Å². The number of methoxy groups -OCH3 is 1. The highest BCUT2D eigenvalue weighted by Gasteiger charge is 2.39. The first kappa shape index (κ1) is 12.3. The molecule has 4 nitrogen and oxygen atoms in total. The molecule has 1 heterocycles. The predicted molar refractivity (Wildman–Crippen MR) is 67.4 cm³/mol. The molecule has 1 fully saturated rings. The molecular weight excluding hydrogens is 238 g/mol. The number of nitrogens with one attached hydrogen (secondary N) is 1. The molecule has 0 bridgehead atoms.